The number of quaternary nitrogens is 1. The molecule has 330 valence electrons. The molecule has 8 nitrogen and oxygen atoms in total. The minimum Gasteiger partial charge on any atom is -0.343 e. The number of nitriles is 1. The van der Waals surface area contributed by atoms with Crippen molar-refractivity contribution in [1.82, 2.24) is 0 Å². The van der Waals surface area contributed by atoms with Gasteiger partial charge in [-0.1, -0.05) is 161 Å². The molecule has 0 saturated carbocycles. The number of para-hydroxylation sites is 1. The maximum absolute atomic E-state index is 12.1. The van der Waals surface area contributed by atoms with Gasteiger partial charge in [0, 0.05) is 41.1 Å². The summed E-state index contributed by atoms with van der Waals surface area (Å²) in [6.45, 7) is 13.6. The van der Waals surface area contributed by atoms with Crippen LogP contribution in [0, 0.1) is 21.4 Å². The molecule has 3 rings (SSSR count). The third-order valence-corrected chi connectivity index (χ3v) is 12.1. The van der Waals surface area contributed by atoms with Crippen molar-refractivity contribution in [3.8, 4) is 6.07 Å². The Morgan fingerprint density at radius 1 is 0.817 bits per heavy atom. The monoisotopic (exact) mass is 824 g/mol. The number of aldehydes is 2. The second-order valence-corrected chi connectivity index (χ2v) is 16.8. The predicted molar refractivity (Wildman–Crippen MR) is 251 cm³/mol. The average molecular weight is 824 g/mol. The standard InChI is InChI=1S/C50H72N4O4.C2H6/c1-5-7-9-11-13-15-17-21-34-50(35-22-18-16-14-12-10-8-6-2,43-28-19-20-29-44(43)52-37-25-39-55)36-24-27-42(41-51)32-33-47-49(3,4)48-45(53(47)38-26-40-56)30-23-31-46(48)54(57)58;1-2/h19-20,23-24,27-33,39-40,52H,5-18,21-22,25-26,34-38H2,1-4H3;1-2H3/p+1/b27-24+,42-32-,47-33+;. The number of rotatable bonds is 31. The highest BCUT2D eigenvalue weighted by molar-refractivity contribution is 5.76. The van der Waals surface area contributed by atoms with Gasteiger partial charge in [0.25, 0.3) is 5.69 Å². The summed E-state index contributed by atoms with van der Waals surface area (Å²) in [6, 6.07) is 16.3. The number of unbranched alkanes of at least 4 members (excludes halogenated alkanes) is 14. The topological polar surface area (TPSA) is 121 Å². The summed E-state index contributed by atoms with van der Waals surface area (Å²) in [6.07, 6.45) is 33.6. The quantitative estimate of drug-likeness (QED) is 0.0154. The molecule has 2 aromatic carbocycles. The number of carbonyl (C=O) groups is 2. The number of nitro benzene ring substituents is 1. The largest absolute Gasteiger partial charge is 0.343 e. The number of allylic oxidation sites excluding steroid dienone is 6. The van der Waals surface area contributed by atoms with Gasteiger partial charge in [0.2, 0.25) is 0 Å². The summed E-state index contributed by atoms with van der Waals surface area (Å²) in [5, 5.41) is 24.7. The van der Waals surface area contributed by atoms with Gasteiger partial charge in [-0.2, -0.15) is 5.26 Å². The summed E-state index contributed by atoms with van der Waals surface area (Å²) in [4.78, 5) is 36.5. The number of benzene rings is 2. The SMILES string of the molecule is CC.CCCCCCCCCCC(C/C=C/C(C#N)=C/C=C1/N(CCC=O)c2cccc([N+](=O)[O-])c2C1(C)C)(CCCCCCCCCC)c1ccccc1[NH2+]CCC=O. The van der Waals surface area contributed by atoms with Crippen LogP contribution in [0.25, 0.3) is 0 Å². The first-order valence-corrected chi connectivity index (χ1v) is 23.5. The van der Waals surface area contributed by atoms with Crippen molar-refractivity contribution in [3.05, 3.63) is 99.3 Å². The lowest BCUT2D eigenvalue weighted by Gasteiger charge is -2.35. The molecule has 60 heavy (non-hydrogen) atoms. The Balaban J connectivity index is 0.00000610. The van der Waals surface area contributed by atoms with E-state index < -0.39 is 5.41 Å². The van der Waals surface area contributed by atoms with E-state index in [-0.39, 0.29) is 22.4 Å². The molecule has 1 aliphatic heterocycles. The lowest BCUT2D eigenvalue weighted by atomic mass is 9.69. The first-order valence-electron chi connectivity index (χ1n) is 23.5. The molecule has 0 spiro atoms. The van der Waals surface area contributed by atoms with Crippen molar-refractivity contribution in [1.29, 1.82) is 5.26 Å². The molecule has 0 atom stereocenters. The molecule has 0 fully saturated rings. The molecule has 1 aliphatic rings. The fourth-order valence-corrected chi connectivity index (χ4v) is 8.94. The summed E-state index contributed by atoms with van der Waals surface area (Å²) < 4.78 is 0. The van der Waals surface area contributed by atoms with E-state index in [2.05, 4.69) is 55.6 Å². The highest BCUT2D eigenvalue weighted by Crippen LogP contribution is 2.51. The highest BCUT2D eigenvalue weighted by Gasteiger charge is 2.44. The zero-order chi connectivity index (χ0) is 44.1. The van der Waals surface area contributed by atoms with Crippen LogP contribution in [0.5, 0.6) is 0 Å². The van der Waals surface area contributed by atoms with E-state index in [1.165, 1.54) is 107 Å². The second kappa shape index (κ2) is 29.8. The number of hydrogen-bond donors (Lipinski definition) is 1. The molecule has 2 N–H and O–H groups in total. The molecule has 0 aliphatic carbocycles. The van der Waals surface area contributed by atoms with Crippen LogP contribution in [-0.4, -0.2) is 30.6 Å². The van der Waals surface area contributed by atoms with Gasteiger partial charge in [-0.25, -0.2) is 0 Å². The van der Waals surface area contributed by atoms with E-state index in [0.717, 1.165) is 56.1 Å². The number of hydrogen-bond acceptors (Lipinski definition) is 6. The van der Waals surface area contributed by atoms with Crippen LogP contribution in [0.1, 0.15) is 188 Å². The average Bonchev–Trinajstić information content (AvgIpc) is 3.48. The van der Waals surface area contributed by atoms with Crippen LogP contribution in [-0.2, 0) is 20.4 Å². The molecular weight excluding hydrogens is 745 g/mol. The Morgan fingerprint density at radius 3 is 1.93 bits per heavy atom. The molecule has 0 aromatic heterocycles. The first kappa shape index (κ1) is 51.8. The molecule has 0 radical (unpaired) electrons. The van der Waals surface area contributed by atoms with Gasteiger partial charge in [0.15, 0.2) is 0 Å². The van der Waals surface area contributed by atoms with Gasteiger partial charge < -0.3 is 19.8 Å². The number of nitrogens with zero attached hydrogens (tertiary/aromatic N) is 3. The minimum absolute atomic E-state index is 0.0550. The number of carbonyl (C=O) groups excluding carboxylic acids is 2. The summed E-state index contributed by atoms with van der Waals surface area (Å²) in [5.41, 5.74) is 4.45. The Bertz CT molecular complexity index is 1680. The van der Waals surface area contributed by atoms with Gasteiger partial charge in [-0.3, -0.25) is 10.1 Å². The number of fused-ring (bicyclic) bond motifs is 1. The summed E-state index contributed by atoms with van der Waals surface area (Å²) in [5.74, 6) is 0. The Morgan fingerprint density at radius 2 is 1.38 bits per heavy atom. The lowest BCUT2D eigenvalue weighted by Crippen LogP contribution is -2.78. The lowest BCUT2D eigenvalue weighted by molar-refractivity contribution is -0.570. The second-order valence-electron chi connectivity index (χ2n) is 16.8. The zero-order valence-corrected chi connectivity index (χ0v) is 38.3. The predicted octanol–water partition coefficient (Wildman–Crippen LogP) is 13.4. The third kappa shape index (κ3) is 16.3. The van der Waals surface area contributed by atoms with Gasteiger partial charge in [-0.05, 0) is 63.5 Å². The Kier molecular flexibility index (Phi) is 25.7. The van der Waals surface area contributed by atoms with E-state index in [1.807, 2.05) is 56.9 Å². The zero-order valence-electron chi connectivity index (χ0n) is 38.3. The van der Waals surface area contributed by atoms with Crippen molar-refractivity contribution >= 4 is 29.6 Å². The Labute approximate surface area is 364 Å². The first-order chi connectivity index (χ1) is 29.2. The summed E-state index contributed by atoms with van der Waals surface area (Å²) in [7, 11) is 0. The van der Waals surface area contributed by atoms with Gasteiger partial charge in [0.05, 0.1) is 40.8 Å². The number of anilines is 1. The summed E-state index contributed by atoms with van der Waals surface area (Å²) >= 11 is 0. The smallest absolute Gasteiger partial charge is 0.275 e. The van der Waals surface area contributed by atoms with E-state index in [1.54, 1.807) is 6.07 Å². The maximum Gasteiger partial charge on any atom is 0.275 e. The van der Waals surface area contributed by atoms with Crippen molar-refractivity contribution in [2.24, 2.45) is 0 Å². The van der Waals surface area contributed by atoms with E-state index in [9.17, 15) is 25.0 Å². The van der Waals surface area contributed by atoms with Crippen LogP contribution in [0.4, 0.5) is 17.1 Å². The normalized spacial score (nSPS) is 14.2. The van der Waals surface area contributed by atoms with E-state index in [0.29, 0.717) is 30.6 Å². The van der Waals surface area contributed by atoms with Gasteiger partial charge in [0.1, 0.15) is 18.3 Å². The van der Waals surface area contributed by atoms with Crippen LogP contribution >= 0.6 is 0 Å². The molecule has 1 heterocycles. The molecule has 0 bridgehead atoms. The number of nitrogens with two attached hydrogens (primary N) is 1. The van der Waals surface area contributed by atoms with Crippen LogP contribution < -0.4 is 10.2 Å². The van der Waals surface area contributed by atoms with Crippen LogP contribution in [0.2, 0.25) is 0 Å². The molecule has 0 unspecified atom stereocenters. The van der Waals surface area contributed by atoms with Crippen LogP contribution in [0.15, 0.2) is 78.0 Å². The number of nitro groups is 1. The molecule has 8 heteroatoms. The van der Waals surface area contributed by atoms with Crippen molar-refractivity contribution in [3.63, 3.8) is 0 Å². The van der Waals surface area contributed by atoms with Crippen molar-refractivity contribution < 1.29 is 19.8 Å². The van der Waals surface area contributed by atoms with Gasteiger partial charge in [-0.15, -0.1) is 0 Å². The van der Waals surface area contributed by atoms with Crippen molar-refractivity contribution in [2.45, 2.75) is 187 Å². The van der Waals surface area contributed by atoms with Crippen molar-refractivity contribution in [2.75, 3.05) is 18.0 Å². The van der Waals surface area contributed by atoms with E-state index >= 15 is 0 Å². The molecule has 0 amide bonds. The maximum atomic E-state index is 12.1. The highest BCUT2D eigenvalue weighted by atomic mass is 16.6. The fourth-order valence-electron chi connectivity index (χ4n) is 8.94. The van der Waals surface area contributed by atoms with Crippen LogP contribution in [0.3, 0.4) is 0 Å². The fraction of sp³-hybridized carbons (Fsp3) is 0.596. The third-order valence-electron chi connectivity index (χ3n) is 12.1. The molecule has 2 aromatic rings. The minimum atomic E-state index is -0.714. The Hall–Kier alpha value is -4.35. The molecule has 0 saturated heterocycles. The van der Waals surface area contributed by atoms with E-state index in [4.69, 9.17) is 0 Å². The van der Waals surface area contributed by atoms with Gasteiger partial charge >= 0.3 is 0 Å². The molecular formula is C52H79N4O4+.